The Morgan fingerprint density at radius 3 is 2.57 bits per heavy atom. The van der Waals surface area contributed by atoms with Crippen LogP contribution in [0.5, 0.6) is 0 Å². The first-order chi connectivity index (χ1) is 6.72. The predicted octanol–water partition coefficient (Wildman–Crippen LogP) is 0.411. The molecule has 1 aliphatic rings. The average molecular weight is 200 g/mol. The largest absolute Gasteiger partial charge is 0.375 e. The van der Waals surface area contributed by atoms with E-state index in [0.29, 0.717) is 6.54 Å². The second kappa shape index (κ2) is 5.32. The summed E-state index contributed by atoms with van der Waals surface area (Å²) in [7, 11) is 1.52. The molecule has 1 rings (SSSR count). The molecule has 14 heavy (non-hydrogen) atoms. The van der Waals surface area contributed by atoms with Crippen LogP contribution in [-0.4, -0.2) is 31.7 Å². The van der Waals surface area contributed by atoms with Crippen LogP contribution in [0.15, 0.2) is 0 Å². The summed E-state index contributed by atoms with van der Waals surface area (Å²) in [5.74, 6) is -0.0557. The highest BCUT2D eigenvalue weighted by molar-refractivity contribution is 5.78. The van der Waals surface area contributed by atoms with Crippen molar-refractivity contribution >= 4 is 5.91 Å². The van der Waals surface area contributed by atoms with Gasteiger partial charge in [0, 0.05) is 13.7 Å². The average Bonchev–Trinajstić information content (AvgIpc) is 2.19. The first kappa shape index (κ1) is 11.5. The van der Waals surface area contributed by atoms with E-state index in [2.05, 4.69) is 5.32 Å². The van der Waals surface area contributed by atoms with Crippen LogP contribution in [0.3, 0.4) is 0 Å². The van der Waals surface area contributed by atoms with E-state index in [1.165, 1.54) is 13.5 Å². The van der Waals surface area contributed by atoms with Crippen molar-refractivity contribution < 1.29 is 9.53 Å². The van der Waals surface area contributed by atoms with Gasteiger partial charge < -0.3 is 15.8 Å². The summed E-state index contributed by atoms with van der Waals surface area (Å²) in [5.41, 5.74) is 5.57. The van der Waals surface area contributed by atoms with Gasteiger partial charge in [0.1, 0.15) is 6.61 Å². The van der Waals surface area contributed by atoms with Crippen molar-refractivity contribution in [1.82, 2.24) is 5.32 Å². The van der Waals surface area contributed by atoms with Gasteiger partial charge in [-0.05, 0) is 12.8 Å². The zero-order valence-electron chi connectivity index (χ0n) is 8.84. The number of rotatable bonds is 4. The Morgan fingerprint density at radius 2 is 2.07 bits per heavy atom. The van der Waals surface area contributed by atoms with Gasteiger partial charge in [0.25, 0.3) is 0 Å². The molecule has 1 aliphatic carbocycles. The van der Waals surface area contributed by atoms with Gasteiger partial charge in [0.2, 0.25) is 5.91 Å². The number of ether oxygens (including phenoxy) is 1. The van der Waals surface area contributed by atoms with E-state index in [4.69, 9.17) is 10.5 Å². The molecule has 0 radical (unpaired) electrons. The molecule has 0 aromatic heterocycles. The molecule has 0 aromatic rings. The lowest BCUT2D eigenvalue weighted by atomic mass is 9.81. The number of amides is 1. The highest BCUT2D eigenvalue weighted by atomic mass is 16.5. The van der Waals surface area contributed by atoms with Crippen LogP contribution >= 0.6 is 0 Å². The zero-order chi connectivity index (χ0) is 10.4. The Bertz CT molecular complexity index is 189. The van der Waals surface area contributed by atoms with Crippen LogP contribution in [0.4, 0.5) is 0 Å². The van der Waals surface area contributed by atoms with Crippen LogP contribution in [0, 0.1) is 0 Å². The summed E-state index contributed by atoms with van der Waals surface area (Å²) >= 11 is 0. The van der Waals surface area contributed by atoms with Crippen molar-refractivity contribution in [2.24, 2.45) is 5.73 Å². The van der Waals surface area contributed by atoms with E-state index in [-0.39, 0.29) is 18.1 Å². The third-order valence-electron chi connectivity index (χ3n) is 2.88. The van der Waals surface area contributed by atoms with Crippen molar-refractivity contribution in [3.8, 4) is 0 Å². The molecule has 1 saturated carbocycles. The Kier molecular flexibility index (Phi) is 4.35. The van der Waals surface area contributed by atoms with E-state index < -0.39 is 0 Å². The van der Waals surface area contributed by atoms with Gasteiger partial charge in [-0.3, -0.25) is 4.79 Å². The third kappa shape index (κ3) is 2.96. The molecule has 0 aromatic carbocycles. The standard InChI is InChI=1S/C10H20N2O2/c1-14-7-9(13)12-10(8-11)5-3-2-4-6-10/h2-8,11H2,1H3,(H,12,13). The molecule has 1 amide bonds. The molecular formula is C10H20N2O2. The van der Waals surface area contributed by atoms with Crippen molar-refractivity contribution in [2.75, 3.05) is 20.3 Å². The maximum Gasteiger partial charge on any atom is 0.246 e. The molecule has 4 nitrogen and oxygen atoms in total. The third-order valence-corrected chi connectivity index (χ3v) is 2.88. The van der Waals surface area contributed by atoms with Crippen molar-refractivity contribution in [3.63, 3.8) is 0 Å². The molecular weight excluding hydrogens is 180 g/mol. The van der Waals surface area contributed by atoms with Crippen LogP contribution in [0.2, 0.25) is 0 Å². The molecule has 0 heterocycles. The fraction of sp³-hybridized carbons (Fsp3) is 0.900. The number of hydrogen-bond acceptors (Lipinski definition) is 3. The molecule has 0 aliphatic heterocycles. The topological polar surface area (TPSA) is 64.3 Å². The molecule has 0 atom stereocenters. The first-order valence-corrected chi connectivity index (χ1v) is 5.22. The maximum absolute atomic E-state index is 11.4. The summed E-state index contributed by atoms with van der Waals surface area (Å²) in [6, 6.07) is 0. The molecule has 0 unspecified atom stereocenters. The first-order valence-electron chi connectivity index (χ1n) is 5.22. The molecule has 4 heteroatoms. The van der Waals surface area contributed by atoms with E-state index in [9.17, 15) is 4.79 Å². The molecule has 0 saturated heterocycles. The van der Waals surface area contributed by atoms with Gasteiger partial charge in [-0.25, -0.2) is 0 Å². The van der Waals surface area contributed by atoms with Crippen molar-refractivity contribution in [3.05, 3.63) is 0 Å². The smallest absolute Gasteiger partial charge is 0.246 e. The lowest BCUT2D eigenvalue weighted by Gasteiger charge is -2.37. The highest BCUT2D eigenvalue weighted by Gasteiger charge is 2.31. The fourth-order valence-corrected chi connectivity index (χ4v) is 2.07. The quantitative estimate of drug-likeness (QED) is 0.691. The normalized spacial score (nSPS) is 20.4. The number of nitrogens with one attached hydrogen (secondary N) is 1. The highest BCUT2D eigenvalue weighted by Crippen LogP contribution is 2.27. The SMILES string of the molecule is COCC(=O)NC1(CN)CCCCC1. The Balaban J connectivity index is 2.47. The lowest BCUT2D eigenvalue weighted by molar-refractivity contribution is -0.127. The number of methoxy groups -OCH3 is 1. The minimum absolute atomic E-state index is 0.0557. The second-order valence-corrected chi connectivity index (χ2v) is 4.03. The number of hydrogen-bond donors (Lipinski definition) is 2. The van der Waals surface area contributed by atoms with Crippen molar-refractivity contribution in [2.45, 2.75) is 37.6 Å². The zero-order valence-corrected chi connectivity index (χ0v) is 8.84. The van der Waals surface area contributed by atoms with E-state index in [0.717, 1.165) is 25.7 Å². The molecule has 0 bridgehead atoms. The van der Waals surface area contributed by atoms with Gasteiger partial charge >= 0.3 is 0 Å². The minimum atomic E-state index is -0.159. The van der Waals surface area contributed by atoms with Gasteiger partial charge in [-0.2, -0.15) is 0 Å². The number of carbonyl (C=O) groups excluding carboxylic acids is 1. The van der Waals surface area contributed by atoms with Gasteiger partial charge in [-0.1, -0.05) is 19.3 Å². The number of nitrogens with two attached hydrogens (primary N) is 1. The Hall–Kier alpha value is -0.610. The van der Waals surface area contributed by atoms with Crippen LogP contribution < -0.4 is 11.1 Å². The van der Waals surface area contributed by atoms with Crippen LogP contribution in [0.1, 0.15) is 32.1 Å². The van der Waals surface area contributed by atoms with E-state index in [1.807, 2.05) is 0 Å². The summed E-state index contributed by atoms with van der Waals surface area (Å²) in [6.07, 6.45) is 5.56. The Labute approximate surface area is 85.2 Å². The summed E-state index contributed by atoms with van der Waals surface area (Å²) in [5, 5.41) is 2.99. The van der Waals surface area contributed by atoms with Crippen molar-refractivity contribution in [1.29, 1.82) is 0 Å². The summed E-state index contributed by atoms with van der Waals surface area (Å²) in [6.45, 7) is 0.657. The van der Waals surface area contributed by atoms with Gasteiger partial charge in [-0.15, -0.1) is 0 Å². The van der Waals surface area contributed by atoms with Crippen LogP contribution in [0.25, 0.3) is 0 Å². The fourth-order valence-electron chi connectivity index (χ4n) is 2.07. The minimum Gasteiger partial charge on any atom is -0.375 e. The molecule has 82 valence electrons. The van der Waals surface area contributed by atoms with Crippen LogP contribution in [-0.2, 0) is 9.53 Å². The lowest BCUT2D eigenvalue weighted by Crippen LogP contribution is -2.55. The molecule has 1 fully saturated rings. The molecule has 0 spiro atoms. The van der Waals surface area contributed by atoms with E-state index >= 15 is 0 Å². The molecule has 3 N–H and O–H groups in total. The van der Waals surface area contributed by atoms with Gasteiger partial charge in [0.15, 0.2) is 0 Å². The summed E-state index contributed by atoms with van der Waals surface area (Å²) in [4.78, 5) is 11.4. The maximum atomic E-state index is 11.4. The predicted molar refractivity (Wildman–Crippen MR) is 54.9 cm³/mol. The second-order valence-electron chi connectivity index (χ2n) is 4.03. The van der Waals surface area contributed by atoms with Gasteiger partial charge in [0.05, 0.1) is 5.54 Å². The Morgan fingerprint density at radius 1 is 1.43 bits per heavy atom. The summed E-state index contributed by atoms with van der Waals surface area (Å²) < 4.78 is 4.78. The number of carbonyl (C=O) groups is 1. The van der Waals surface area contributed by atoms with E-state index in [1.54, 1.807) is 0 Å². The monoisotopic (exact) mass is 200 g/mol.